The summed E-state index contributed by atoms with van der Waals surface area (Å²) >= 11 is 0. The Morgan fingerprint density at radius 1 is 1.04 bits per heavy atom. The number of phenolic OH excluding ortho intramolecular Hbond substituents is 1. The zero-order valence-corrected chi connectivity index (χ0v) is 28.9. The number of carbonyl (C=O) groups excluding carboxylic acids is 2. The summed E-state index contributed by atoms with van der Waals surface area (Å²) in [6, 6.07) is 0.961. The molecule has 0 saturated heterocycles. The molecule has 13 nitrogen and oxygen atoms in total. The van der Waals surface area contributed by atoms with E-state index in [1.54, 1.807) is 29.1 Å². The van der Waals surface area contributed by atoms with Gasteiger partial charge in [0.2, 0.25) is 17.7 Å². The van der Waals surface area contributed by atoms with Gasteiger partial charge in [0, 0.05) is 31.8 Å². The van der Waals surface area contributed by atoms with Crippen LogP contribution < -0.4 is 27.8 Å². The van der Waals surface area contributed by atoms with Crippen molar-refractivity contribution in [3.05, 3.63) is 52.9 Å². The summed E-state index contributed by atoms with van der Waals surface area (Å²) in [6.07, 6.45) is 14.4. The quantitative estimate of drug-likeness (QED) is 0.130. The second-order valence-corrected chi connectivity index (χ2v) is 15.2. The fourth-order valence-corrected chi connectivity index (χ4v) is 9.30. The van der Waals surface area contributed by atoms with Crippen LogP contribution in [0.5, 0.6) is 5.75 Å². The Hall–Kier alpha value is -3.97. The van der Waals surface area contributed by atoms with E-state index in [2.05, 4.69) is 20.8 Å². The maximum atomic E-state index is 14.1. The highest BCUT2D eigenvalue weighted by atomic mass is 16.5. The molecule has 3 atom stereocenters. The SMILES string of the molecule is Cc1cc(O)cc(C)c1C[C@H](NC(=O)[C@H](N)CCCn1ccnc1N)C(=O)N[C@@H](CCCN)c1nc(CC23CC4CC(CC(C4)C2)C3)no1. The molecule has 3 aromatic rings. The molecule has 266 valence electrons. The molecule has 0 spiro atoms. The maximum absolute atomic E-state index is 14.1. The van der Waals surface area contributed by atoms with Gasteiger partial charge in [0.25, 0.3) is 0 Å². The Morgan fingerprint density at radius 2 is 1.71 bits per heavy atom. The lowest BCUT2D eigenvalue weighted by Crippen LogP contribution is -2.53. The van der Waals surface area contributed by atoms with E-state index in [1.807, 2.05) is 13.8 Å². The molecular formula is C36H53N9O4. The number of aromatic nitrogens is 4. The first-order valence-corrected chi connectivity index (χ1v) is 18.0. The van der Waals surface area contributed by atoms with Gasteiger partial charge in [-0.1, -0.05) is 5.16 Å². The van der Waals surface area contributed by atoms with E-state index in [1.165, 1.54) is 38.5 Å². The van der Waals surface area contributed by atoms with Gasteiger partial charge >= 0.3 is 0 Å². The maximum Gasteiger partial charge on any atom is 0.249 e. The number of hydrogen-bond acceptors (Lipinski definition) is 10. The molecule has 0 radical (unpaired) electrons. The Labute approximate surface area is 288 Å². The first-order valence-electron chi connectivity index (χ1n) is 18.0. The number of nitrogens with one attached hydrogen (secondary N) is 2. The van der Waals surface area contributed by atoms with Crippen LogP contribution in [0, 0.1) is 37.0 Å². The predicted molar refractivity (Wildman–Crippen MR) is 185 cm³/mol. The van der Waals surface area contributed by atoms with E-state index >= 15 is 0 Å². The van der Waals surface area contributed by atoms with Crippen molar-refractivity contribution in [2.45, 2.75) is 116 Å². The van der Waals surface area contributed by atoms with Crippen molar-refractivity contribution in [1.82, 2.24) is 30.3 Å². The second-order valence-electron chi connectivity index (χ2n) is 15.2. The van der Waals surface area contributed by atoms with Gasteiger partial charge in [-0.25, -0.2) is 4.98 Å². The Morgan fingerprint density at radius 3 is 2.33 bits per heavy atom. The average Bonchev–Trinajstić information content (AvgIpc) is 3.67. The van der Waals surface area contributed by atoms with Gasteiger partial charge in [0.1, 0.15) is 17.8 Å². The molecule has 4 bridgehead atoms. The third-order valence-corrected chi connectivity index (χ3v) is 11.2. The number of phenols is 1. The molecule has 4 fully saturated rings. The van der Waals surface area contributed by atoms with Crippen molar-refractivity contribution in [3.8, 4) is 5.75 Å². The van der Waals surface area contributed by atoms with Gasteiger partial charge in [-0.3, -0.25) is 9.59 Å². The van der Waals surface area contributed by atoms with Gasteiger partial charge < -0.3 is 42.0 Å². The van der Waals surface area contributed by atoms with Crippen LogP contribution in [-0.4, -0.2) is 55.2 Å². The van der Waals surface area contributed by atoms with E-state index in [4.69, 9.17) is 26.7 Å². The fourth-order valence-electron chi connectivity index (χ4n) is 9.30. The number of aryl methyl sites for hydroxylation is 3. The van der Waals surface area contributed by atoms with Gasteiger partial charge in [-0.05, 0) is 137 Å². The number of anilines is 1. The Kier molecular flexibility index (Phi) is 10.6. The summed E-state index contributed by atoms with van der Waals surface area (Å²) in [6.45, 7) is 4.76. The smallest absolute Gasteiger partial charge is 0.249 e. The molecule has 2 aromatic heterocycles. The van der Waals surface area contributed by atoms with Crippen molar-refractivity contribution >= 4 is 17.8 Å². The van der Waals surface area contributed by atoms with Crippen molar-refractivity contribution in [2.24, 2.45) is 34.6 Å². The first-order chi connectivity index (χ1) is 23.5. The van der Waals surface area contributed by atoms with Gasteiger partial charge in [-0.15, -0.1) is 0 Å². The van der Waals surface area contributed by atoms with Crippen LogP contribution in [-0.2, 0) is 29.0 Å². The van der Waals surface area contributed by atoms with Crippen LogP contribution in [0.4, 0.5) is 5.95 Å². The highest BCUT2D eigenvalue weighted by Crippen LogP contribution is 2.60. The average molecular weight is 676 g/mol. The monoisotopic (exact) mass is 675 g/mol. The number of amides is 2. The topological polar surface area (TPSA) is 213 Å². The highest BCUT2D eigenvalue weighted by molar-refractivity contribution is 5.90. The lowest BCUT2D eigenvalue weighted by atomic mass is 9.49. The number of nitrogen functional groups attached to an aromatic ring is 1. The number of carbonyl (C=O) groups is 2. The number of hydrogen-bond donors (Lipinski definition) is 6. The van der Waals surface area contributed by atoms with E-state index in [0.717, 1.165) is 40.9 Å². The number of imidazole rings is 1. The van der Waals surface area contributed by atoms with Gasteiger partial charge in [-0.2, -0.15) is 4.98 Å². The van der Waals surface area contributed by atoms with Crippen molar-refractivity contribution < 1.29 is 19.2 Å². The highest BCUT2D eigenvalue weighted by Gasteiger charge is 2.51. The lowest BCUT2D eigenvalue weighted by Gasteiger charge is -2.56. The first kappa shape index (κ1) is 34.9. The van der Waals surface area contributed by atoms with Crippen LogP contribution in [0.3, 0.4) is 0 Å². The lowest BCUT2D eigenvalue weighted by molar-refractivity contribution is -0.130. The van der Waals surface area contributed by atoms with Crippen LogP contribution in [0.25, 0.3) is 0 Å². The van der Waals surface area contributed by atoms with Crippen molar-refractivity contribution in [2.75, 3.05) is 12.3 Å². The number of rotatable bonds is 16. The van der Waals surface area contributed by atoms with E-state index < -0.39 is 24.0 Å². The minimum absolute atomic E-state index is 0.145. The zero-order chi connectivity index (χ0) is 34.7. The Bertz CT molecular complexity index is 1560. The zero-order valence-electron chi connectivity index (χ0n) is 28.9. The van der Waals surface area contributed by atoms with Crippen LogP contribution in [0.2, 0.25) is 0 Å². The minimum atomic E-state index is -0.945. The largest absolute Gasteiger partial charge is 0.508 e. The molecule has 1 aromatic carbocycles. The summed E-state index contributed by atoms with van der Waals surface area (Å²) in [5.74, 6) is 3.27. The Balaban J connectivity index is 1.16. The molecular weight excluding hydrogens is 622 g/mol. The second kappa shape index (κ2) is 14.9. The standard InChI is InChI=1S/C36H53N9O4/c1-21-11-26(46)12-22(2)27(21)16-30(42-32(47)28(38)5-4-9-45-10-8-40-35(45)39)33(48)41-29(6-3-7-37)34-43-31(44-49-34)20-36-17-23-13-24(18-36)15-25(14-23)19-36/h8,10-12,23-25,28-30,46H,3-7,9,13-20,37-38H2,1-2H3,(H2,39,40)(H,41,48)(H,42,47)/t23?,24?,25?,28-,29+,30+,36?/m1/s1. The third-order valence-electron chi connectivity index (χ3n) is 11.2. The molecule has 4 aliphatic carbocycles. The molecule has 4 saturated carbocycles. The normalized spacial score (nSPS) is 24.4. The van der Waals surface area contributed by atoms with Crippen LogP contribution >= 0.6 is 0 Å². The summed E-state index contributed by atoms with van der Waals surface area (Å²) in [7, 11) is 0. The fraction of sp³-hybridized carbons (Fsp3) is 0.639. The van der Waals surface area contributed by atoms with Gasteiger partial charge in [0.15, 0.2) is 11.8 Å². The molecule has 13 heteroatoms. The summed E-state index contributed by atoms with van der Waals surface area (Å²) in [5, 5.41) is 20.6. The molecule has 4 aliphatic rings. The minimum Gasteiger partial charge on any atom is -0.508 e. The molecule has 0 aliphatic heterocycles. The third kappa shape index (κ3) is 8.26. The molecule has 49 heavy (non-hydrogen) atoms. The molecule has 7 rings (SSSR count). The number of nitrogens with zero attached hydrogens (tertiary/aromatic N) is 4. The summed E-state index contributed by atoms with van der Waals surface area (Å²) in [5.41, 5.74) is 20.8. The van der Waals surface area contributed by atoms with Crippen molar-refractivity contribution in [1.29, 1.82) is 0 Å². The molecule has 9 N–H and O–H groups in total. The summed E-state index contributed by atoms with van der Waals surface area (Å²) in [4.78, 5) is 36.4. The predicted octanol–water partition coefficient (Wildman–Crippen LogP) is 3.36. The molecule has 2 amide bonds. The van der Waals surface area contributed by atoms with E-state index in [-0.39, 0.29) is 23.5 Å². The van der Waals surface area contributed by atoms with Gasteiger partial charge in [0.05, 0.1) is 6.04 Å². The van der Waals surface area contributed by atoms with Crippen LogP contribution in [0.15, 0.2) is 29.0 Å². The number of aromatic hydroxyl groups is 1. The molecule has 0 unspecified atom stereocenters. The number of benzene rings is 1. The molecule has 2 heterocycles. The van der Waals surface area contributed by atoms with Crippen molar-refractivity contribution in [3.63, 3.8) is 0 Å². The summed E-state index contributed by atoms with van der Waals surface area (Å²) < 4.78 is 7.62. The van der Waals surface area contributed by atoms with E-state index in [9.17, 15) is 14.7 Å². The van der Waals surface area contributed by atoms with E-state index in [0.29, 0.717) is 56.4 Å². The van der Waals surface area contributed by atoms with Crippen LogP contribution in [0.1, 0.15) is 98.7 Å². The number of nitrogens with two attached hydrogens (primary N) is 3.